The zero-order valence-electron chi connectivity index (χ0n) is 9.74. The highest BCUT2D eigenvalue weighted by atomic mass is 35.5. The van der Waals surface area contributed by atoms with Gasteiger partial charge in [-0.2, -0.15) is 5.10 Å². The van der Waals surface area contributed by atoms with E-state index in [1.54, 1.807) is 12.4 Å². The Kier molecular flexibility index (Phi) is 2.45. The topological polar surface area (TPSA) is 67.6 Å². The molecule has 0 radical (unpaired) electrons. The first-order chi connectivity index (χ1) is 8.66. The van der Waals surface area contributed by atoms with Gasteiger partial charge >= 0.3 is 0 Å². The number of hydrogen-bond acceptors (Lipinski definition) is 3. The van der Waals surface area contributed by atoms with Gasteiger partial charge in [-0.3, -0.25) is 5.10 Å². The van der Waals surface area contributed by atoms with Crippen LogP contribution >= 0.6 is 11.6 Å². The molecule has 0 aliphatic carbocycles. The summed E-state index contributed by atoms with van der Waals surface area (Å²) in [6.45, 7) is 2.04. The Labute approximate surface area is 109 Å². The van der Waals surface area contributed by atoms with Crippen molar-refractivity contribution in [2.45, 2.75) is 6.92 Å². The summed E-state index contributed by atoms with van der Waals surface area (Å²) in [7, 11) is 0. The van der Waals surface area contributed by atoms with E-state index in [1.807, 2.05) is 19.1 Å². The highest BCUT2D eigenvalue weighted by Gasteiger charge is 2.10. The maximum Gasteiger partial charge on any atom is 0.152 e. The predicted molar refractivity (Wildman–Crippen MR) is 73.5 cm³/mol. The van der Waals surface area contributed by atoms with Gasteiger partial charge in [-0.15, -0.1) is 0 Å². The standard InChI is InChI=1S/C13H11ClN4/c1-7-4-8-6-17-18-11(8)5-10(7)9-2-3-16-13(14)12(9)15/h2-6H,15H2,1H3,(H,17,18). The van der Waals surface area contributed by atoms with Crippen LogP contribution in [0.15, 0.2) is 30.6 Å². The molecule has 0 aliphatic rings. The molecule has 3 aromatic rings. The number of pyridine rings is 1. The molecule has 1 aromatic carbocycles. The van der Waals surface area contributed by atoms with Crippen LogP contribution in [0.4, 0.5) is 5.69 Å². The second kappa shape index (κ2) is 3.99. The fourth-order valence-corrected chi connectivity index (χ4v) is 2.24. The van der Waals surface area contributed by atoms with Gasteiger partial charge in [-0.25, -0.2) is 4.98 Å². The average molecular weight is 259 g/mol. The molecule has 0 aliphatic heterocycles. The number of nitrogens with one attached hydrogen (secondary N) is 1. The molecule has 0 bridgehead atoms. The molecule has 5 heteroatoms. The first kappa shape index (κ1) is 11.0. The fraction of sp³-hybridized carbons (Fsp3) is 0.0769. The normalized spacial score (nSPS) is 11.0. The summed E-state index contributed by atoms with van der Waals surface area (Å²) in [4.78, 5) is 3.97. The van der Waals surface area contributed by atoms with Crippen LogP contribution in [0, 0.1) is 6.92 Å². The summed E-state index contributed by atoms with van der Waals surface area (Å²) < 4.78 is 0. The van der Waals surface area contributed by atoms with Crippen LogP contribution in [-0.4, -0.2) is 15.2 Å². The monoisotopic (exact) mass is 258 g/mol. The first-order valence-corrected chi connectivity index (χ1v) is 5.88. The van der Waals surface area contributed by atoms with Gasteiger partial charge in [0.05, 0.1) is 17.4 Å². The number of halogens is 1. The molecule has 0 unspecified atom stereocenters. The lowest BCUT2D eigenvalue weighted by atomic mass is 9.99. The first-order valence-electron chi connectivity index (χ1n) is 5.51. The van der Waals surface area contributed by atoms with Crippen molar-refractivity contribution in [3.05, 3.63) is 41.3 Å². The highest BCUT2D eigenvalue weighted by Crippen LogP contribution is 2.33. The van der Waals surface area contributed by atoms with Gasteiger partial charge in [0.15, 0.2) is 5.15 Å². The quantitative estimate of drug-likeness (QED) is 0.659. The Morgan fingerprint density at radius 3 is 2.94 bits per heavy atom. The van der Waals surface area contributed by atoms with Crippen molar-refractivity contribution in [1.82, 2.24) is 15.2 Å². The Hall–Kier alpha value is -2.07. The number of H-pyrrole nitrogens is 1. The maximum atomic E-state index is 5.98. The summed E-state index contributed by atoms with van der Waals surface area (Å²) in [6.07, 6.45) is 3.46. The molecule has 2 heterocycles. The SMILES string of the molecule is Cc1cc2cn[nH]c2cc1-c1ccnc(Cl)c1N. The average Bonchev–Trinajstić information content (AvgIpc) is 2.79. The van der Waals surface area contributed by atoms with Gasteiger partial charge in [-0.05, 0) is 36.2 Å². The van der Waals surface area contributed by atoms with Crippen LogP contribution in [0.2, 0.25) is 5.15 Å². The van der Waals surface area contributed by atoms with Crippen molar-refractivity contribution in [1.29, 1.82) is 0 Å². The van der Waals surface area contributed by atoms with Gasteiger partial charge in [0.25, 0.3) is 0 Å². The van der Waals surface area contributed by atoms with Gasteiger partial charge in [0.2, 0.25) is 0 Å². The van der Waals surface area contributed by atoms with E-state index in [1.165, 1.54) is 0 Å². The molecule has 0 saturated carbocycles. The number of fused-ring (bicyclic) bond motifs is 1. The molecule has 4 nitrogen and oxygen atoms in total. The summed E-state index contributed by atoms with van der Waals surface area (Å²) in [5.41, 5.74) is 10.5. The van der Waals surface area contributed by atoms with Gasteiger partial charge in [-0.1, -0.05) is 11.6 Å². The fourth-order valence-electron chi connectivity index (χ4n) is 2.08. The van der Waals surface area contributed by atoms with Gasteiger partial charge in [0.1, 0.15) is 0 Å². The Bertz CT molecular complexity index is 733. The van der Waals surface area contributed by atoms with Crippen molar-refractivity contribution in [2.75, 3.05) is 5.73 Å². The number of anilines is 1. The Balaban J connectivity index is 2.30. The molecule has 0 fully saturated rings. The van der Waals surface area contributed by atoms with E-state index < -0.39 is 0 Å². The number of hydrogen-bond donors (Lipinski definition) is 2. The third-order valence-corrected chi connectivity index (χ3v) is 3.32. The number of nitrogens with two attached hydrogens (primary N) is 1. The van der Waals surface area contributed by atoms with Crippen molar-refractivity contribution in [3.63, 3.8) is 0 Å². The van der Waals surface area contributed by atoms with Crippen molar-refractivity contribution >= 4 is 28.2 Å². The van der Waals surface area contributed by atoms with Crippen molar-refractivity contribution in [3.8, 4) is 11.1 Å². The maximum absolute atomic E-state index is 5.98. The van der Waals surface area contributed by atoms with Gasteiger partial charge < -0.3 is 5.73 Å². The molecule has 3 N–H and O–H groups in total. The van der Waals surface area contributed by atoms with E-state index in [2.05, 4.69) is 21.2 Å². The van der Waals surface area contributed by atoms with Crippen molar-refractivity contribution in [2.24, 2.45) is 0 Å². The zero-order chi connectivity index (χ0) is 12.7. The molecular formula is C13H11ClN4. The molecule has 18 heavy (non-hydrogen) atoms. The van der Waals surface area contributed by atoms with Crippen LogP contribution in [0.1, 0.15) is 5.56 Å². The largest absolute Gasteiger partial charge is 0.396 e. The van der Waals surface area contributed by atoms with Crippen LogP contribution < -0.4 is 5.73 Å². The predicted octanol–water partition coefficient (Wildman–Crippen LogP) is 3.17. The second-order valence-corrected chi connectivity index (χ2v) is 4.55. The van der Waals surface area contributed by atoms with Crippen LogP contribution in [0.5, 0.6) is 0 Å². The summed E-state index contributed by atoms with van der Waals surface area (Å²) >= 11 is 5.96. The lowest BCUT2D eigenvalue weighted by molar-refractivity contribution is 1.12. The van der Waals surface area contributed by atoms with Crippen molar-refractivity contribution < 1.29 is 0 Å². The number of aromatic amines is 1. The minimum absolute atomic E-state index is 0.330. The Morgan fingerprint density at radius 1 is 1.28 bits per heavy atom. The zero-order valence-corrected chi connectivity index (χ0v) is 10.5. The number of nitrogen functional groups attached to an aromatic ring is 1. The number of benzene rings is 1. The molecular weight excluding hydrogens is 248 g/mol. The van der Waals surface area contributed by atoms with Crippen LogP contribution in [0.25, 0.3) is 22.0 Å². The second-order valence-electron chi connectivity index (χ2n) is 4.19. The van der Waals surface area contributed by atoms with Crippen LogP contribution in [-0.2, 0) is 0 Å². The molecule has 0 saturated heterocycles. The Morgan fingerprint density at radius 2 is 2.11 bits per heavy atom. The third kappa shape index (κ3) is 1.62. The summed E-state index contributed by atoms with van der Waals surface area (Å²) in [5, 5.41) is 8.38. The molecule has 0 atom stereocenters. The molecule has 90 valence electrons. The number of aryl methyl sites for hydroxylation is 1. The summed E-state index contributed by atoms with van der Waals surface area (Å²) in [5.74, 6) is 0. The van der Waals surface area contributed by atoms with Crippen LogP contribution in [0.3, 0.4) is 0 Å². The molecule has 0 amide bonds. The summed E-state index contributed by atoms with van der Waals surface area (Å²) in [6, 6.07) is 5.97. The minimum Gasteiger partial charge on any atom is -0.396 e. The smallest absolute Gasteiger partial charge is 0.152 e. The molecule has 0 spiro atoms. The van der Waals surface area contributed by atoms with Gasteiger partial charge in [0, 0.05) is 17.1 Å². The van der Waals surface area contributed by atoms with E-state index in [9.17, 15) is 0 Å². The number of aromatic nitrogens is 3. The van der Waals surface area contributed by atoms with E-state index in [4.69, 9.17) is 17.3 Å². The number of rotatable bonds is 1. The lowest BCUT2D eigenvalue weighted by Crippen LogP contribution is -1.94. The van der Waals surface area contributed by atoms with E-state index >= 15 is 0 Å². The van der Waals surface area contributed by atoms with E-state index in [0.29, 0.717) is 10.8 Å². The molecule has 2 aromatic heterocycles. The number of nitrogens with zero attached hydrogens (tertiary/aromatic N) is 2. The lowest BCUT2D eigenvalue weighted by Gasteiger charge is -2.10. The van der Waals surface area contributed by atoms with E-state index in [-0.39, 0.29) is 0 Å². The third-order valence-electron chi connectivity index (χ3n) is 3.02. The van der Waals surface area contributed by atoms with E-state index in [0.717, 1.165) is 27.6 Å². The molecule has 3 rings (SSSR count). The minimum atomic E-state index is 0.330. The highest BCUT2D eigenvalue weighted by molar-refractivity contribution is 6.32.